The molecule has 0 bridgehead atoms. The Kier molecular flexibility index (Phi) is 3.75. The van der Waals surface area contributed by atoms with Gasteiger partial charge < -0.3 is 9.84 Å². The van der Waals surface area contributed by atoms with Gasteiger partial charge in [-0.15, -0.1) is 0 Å². The van der Waals surface area contributed by atoms with E-state index in [4.69, 9.17) is 9.84 Å². The number of carbonyl (C=O) groups is 1. The van der Waals surface area contributed by atoms with Crippen molar-refractivity contribution >= 4 is 22.8 Å². The predicted molar refractivity (Wildman–Crippen MR) is 53.6 cm³/mol. The van der Waals surface area contributed by atoms with Crippen LogP contribution in [0.1, 0.15) is 16.6 Å². The van der Waals surface area contributed by atoms with E-state index >= 15 is 0 Å². The third-order valence-electron chi connectivity index (χ3n) is 1.55. The predicted octanol–water partition coefficient (Wildman–Crippen LogP) is 1.23. The molecule has 7 heteroatoms. The van der Waals surface area contributed by atoms with Crippen LogP contribution in [0.25, 0.3) is 0 Å². The van der Waals surface area contributed by atoms with E-state index in [1.807, 2.05) is 0 Å². The molecule has 0 saturated carbocycles. The summed E-state index contributed by atoms with van der Waals surface area (Å²) in [6, 6.07) is 1.18. The molecule has 6 nitrogen and oxygen atoms in total. The first-order valence-electron chi connectivity index (χ1n) is 4.09. The van der Waals surface area contributed by atoms with E-state index in [-0.39, 0.29) is 34.6 Å². The molecule has 1 rings (SSSR count). The van der Waals surface area contributed by atoms with Crippen LogP contribution in [0.3, 0.4) is 0 Å². The summed E-state index contributed by atoms with van der Waals surface area (Å²) >= 11 is 0.911. The van der Waals surface area contributed by atoms with Crippen LogP contribution in [0.5, 0.6) is 5.06 Å². The monoisotopic (exact) mass is 231 g/mol. The third-order valence-corrected chi connectivity index (χ3v) is 2.69. The number of nitrogens with zero attached hydrogens (tertiary/aromatic N) is 1. The average molecular weight is 231 g/mol. The SMILES string of the molecule is CC(=O)c1cc([N+](=O)[O-])c(OCCO)s1. The quantitative estimate of drug-likeness (QED) is 0.467. The molecule has 0 aliphatic heterocycles. The zero-order valence-electron chi connectivity index (χ0n) is 7.93. The van der Waals surface area contributed by atoms with Crippen molar-refractivity contribution in [3.05, 3.63) is 21.1 Å². The second-order valence-electron chi connectivity index (χ2n) is 2.67. The molecule has 0 atom stereocenters. The number of ether oxygens (including phenoxy) is 1. The summed E-state index contributed by atoms with van der Waals surface area (Å²) in [6.45, 7) is 1.06. The number of aliphatic hydroxyl groups is 1. The van der Waals surface area contributed by atoms with Crippen LogP contribution in [0.2, 0.25) is 0 Å². The molecule has 15 heavy (non-hydrogen) atoms. The van der Waals surface area contributed by atoms with Crippen molar-refractivity contribution in [2.24, 2.45) is 0 Å². The van der Waals surface area contributed by atoms with Crippen molar-refractivity contribution in [3.8, 4) is 5.06 Å². The van der Waals surface area contributed by atoms with Crippen LogP contribution in [-0.4, -0.2) is 29.0 Å². The zero-order valence-corrected chi connectivity index (χ0v) is 8.74. The fourth-order valence-electron chi connectivity index (χ4n) is 0.907. The number of carbonyl (C=O) groups excluding carboxylic acids is 1. The molecule has 82 valence electrons. The number of hydrogen-bond acceptors (Lipinski definition) is 6. The van der Waals surface area contributed by atoms with Gasteiger partial charge in [-0.3, -0.25) is 14.9 Å². The molecular formula is C8H9NO5S. The fourth-order valence-corrected chi connectivity index (χ4v) is 1.80. The maximum absolute atomic E-state index is 11.0. The van der Waals surface area contributed by atoms with E-state index in [9.17, 15) is 14.9 Å². The highest BCUT2D eigenvalue weighted by Crippen LogP contribution is 2.36. The van der Waals surface area contributed by atoms with Crippen molar-refractivity contribution in [1.29, 1.82) is 0 Å². The Labute approximate surface area is 89.3 Å². The molecule has 0 unspecified atom stereocenters. The van der Waals surface area contributed by atoms with Gasteiger partial charge in [-0.2, -0.15) is 0 Å². The standard InChI is InChI=1S/C8H9NO5S/c1-5(11)7-4-6(9(12)13)8(15-7)14-3-2-10/h4,10H,2-3H2,1H3. The van der Waals surface area contributed by atoms with Crippen molar-refractivity contribution in [3.63, 3.8) is 0 Å². The fraction of sp³-hybridized carbons (Fsp3) is 0.375. The van der Waals surface area contributed by atoms with Gasteiger partial charge in [0.1, 0.15) is 6.61 Å². The van der Waals surface area contributed by atoms with Crippen molar-refractivity contribution in [2.75, 3.05) is 13.2 Å². The summed E-state index contributed by atoms with van der Waals surface area (Å²) in [5, 5.41) is 19.2. The van der Waals surface area contributed by atoms with Crippen LogP contribution < -0.4 is 4.74 Å². The van der Waals surface area contributed by atoms with Crippen molar-refractivity contribution in [1.82, 2.24) is 0 Å². The topological polar surface area (TPSA) is 89.7 Å². The van der Waals surface area contributed by atoms with Gasteiger partial charge in [0.05, 0.1) is 16.4 Å². The first kappa shape index (κ1) is 11.6. The second kappa shape index (κ2) is 4.85. The molecule has 0 aliphatic carbocycles. The minimum Gasteiger partial charge on any atom is -0.477 e. The highest BCUT2D eigenvalue weighted by atomic mass is 32.1. The Hall–Kier alpha value is -1.47. The Morgan fingerprint density at radius 2 is 2.40 bits per heavy atom. The van der Waals surface area contributed by atoms with Crippen LogP contribution in [0.4, 0.5) is 5.69 Å². The van der Waals surface area contributed by atoms with Crippen LogP contribution >= 0.6 is 11.3 Å². The van der Waals surface area contributed by atoms with Gasteiger partial charge in [-0.05, 0) is 6.92 Å². The molecule has 0 aliphatic rings. The summed E-state index contributed by atoms with van der Waals surface area (Å²) in [5.41, 5.74) is -0.237. The summed E-state index contributed by atoms with van der Waals surface area (Å²) in [5.74, 6) is -0.248. The van der Waals surface area contributed by atoms with E-state index < -0.39 is 4.92 Å². The van der Waals surface area contributed by atoms with E-state index in [1.54, 1.807) is 0 Å². The van der Waals surface area contributed by atoms with Gasteiger partial charge >= 0.3 is 5.69 Å². The molecule has 1 heterocycles. The molecule has 0 spiro atoms. The van der Waals surface area contributed by atoms with Crippen LogP contribution in [0, 0.1) is 10.1 Å². The Morgan fingerprint density at radius 1 is 1.73 bits per heavy atom. The zero-order chi connectivity index (χ0) is 11.4. The third kappa shape index (κ3) is 2.74. The van der Waals surface area contributed by atoms with Gasteiger partial charge in [0, 0.05) is 6.07 Å². The van der Waals surface area contributed by atoms with Crippen LogP contribution in [0.15, 0.2) is 6.07 Å². The summed E-state index contributed by atoms with van der Waals surface area (Å²) < 4.78 is 4.95. The smallest absolute Gasteiger partial charge is 0.323 e. The average Bonchev–Trinajstić information content (AvgIpc) is 2.58. The molecule has 0 amide bonds. The lowest BCUT2D eigenvalue weighted by Gasteiger charge is -1.98. The lowest BCUT2D eigenvalue weighted by molar-refractivity contribution is -0.385. The number of nitro groups is 1. The molecule has 0 fully saturated rings. The number of Topliss-reactive ketones (excluding diaryl/α,β-unsaturated/α-hetero) is 1. The molecular weight excluding hydrogens is 222 g/mol. The normalized spacial score (nSPS) is 10.0. The minimum absolute atomic E-state index is 0.0291. The van der Waals surface area contributed by atoms with Gasteiger partial charge in [0.2, 0.25) is 0 Å². The summed E-state index contributed by atoms with van der Waals surface area (Å²) in [6.07, 6.45) is 0. The van der Waals surface area contributed by atoms with Gasteiger partial charge in [-0.1, -0.05) is 11.3 Å². The first-order chi connectivity index (χ1) is 7.06. The highest BCUT2D eigenvalue weighted by molar-refractivity contribution is 7.16. The number of rotatable bonds is 5. The molecule has 1 aromatic rings. The number of hydrogen-bond donors (Lipinski definition) is 1. The van der Waals surface area contributed by atoms with E-state index in [2.05, 4.69) is 0 Å². The second-order valence-corrected chi connectivity index (χ2v) is 3.68. The molecule has 0 aromatic carbocycles. The van der Waals surface area contributed by atoms with Gasteiger partial charge in [0.25, 0.3) is 5.06 Å². The summed E-state index contributed by atoms with van der Waals surface area (Å²) in [4.78, 5) is 21.2. The van der Waals surface area contributed by atoms with Gasteiger partial charge in [-0.25, -0.2) is 0 Å². The van der Waals surface area contributed by atoms with E-state index in [1.165, 1.54) is 13.0 Å². The highest BCUT2D eigenvalue weighted by Gasteiger charge is 2.22. The lowest BCUT2D eigenvalue weighted by atomic mass is 10.3. The molecule has 0 saturated heterocycles. The Balaban J connectivity index is 3.00. The summed E-state index contributed by atoms with van der Waals surface area (Å²) in [7, 11) is 0. The maximum atomic E-state index is 11.0. The van der Waals surface area contributed by atoms with Crippen molar-refractivity contribution < 1.29 is 19.6 Å². The minimum atomic E-state index is -0.615. The number of thiophene rings is 1. The molecule has 0 radical (unpaired) electrons. The van der Waals surface area contributed by atoms with E-state index in [0.29, 0.717) is 0 Å². The van der Waals surface area contributed by atoms with Crippen molar-refractivity contribution in [2.45, 2.75) is 6.92 Å². The lowest BCUT2D eigenvalue weighted by Crippen LogP contribution is -2.01. The Morgan fingerprint density at radius 3 is 2.87 bits per heavy atom. The molecule has 1 N–H and O–H groups in total. The first-order valence-corrected chi connectivity index (χ1v) is 4.90. The number of ketones is 1. The largest absolute Gasteiger partial charge is 0.477 e. The van der Waals surface area contributed by atoms with Gasteiger partial charge in [0.15, 0.2) is 5.78 Å². The Bertz CT molecular complexity index is 386. The van der Waals surface area contributed by atoms with E-state index in [0.717, 1.165) is 11.3 Å². The number of aliphatic hydroxyl groups excluding tert-OH is 1. The molecule has 1 aromatic heterocycles. The maximum Gasteiger partial charge on any atom is 0.323 e. The van der Waals surface area contributed by atoms with Crippen LogP contribution in [-0.2, 0) is 0 Å².